The van der Waals surface area contributed by atoms with Gasteiger partial charge in [-0.1, -0.05) is 11.6 Å². The minimum atomic E-state index is -3.10. The molecule has 40 heavy (non-hydrogen) atoms. The van der Waals surface area contributed by atoms with Crippen molar-refractivity contribution in [1.82, 2.24) is 15.3 Å². The standard InChI is InChI=1S/C26H29ClFN7O4S/c1-24(2,3)39-23(37)34-22-25(4,5)40(38)17(9-10-31-40)26(6,35-22)20-16(28)7-8-18(32-20)33-21(36)19-15(27)11-14(12-29)13-30-19/h7-8,11,13,17H,9-10H2,1-6H3,(H,32,33,36)(H,34,35,37)/t17?,26-,40?/m0/s1. The Morgan fingerprint density at radius 1 is 1.25 bits per heavy atom. The molecule has 14 heteroatoms. The number of amidine groups is 1. The van der Waals surface area contributed by atoms with Crippen molar-refractivity contribution >= 4 is 45.0 Å². The Hall–Kier alpha value is -3.63. The number of nitrogens with zero attached hydrogens (tertiary/aromatic N) is 5. The third kappa shape index (κ3) is 5.13. The number of anilines is 1. The number of pyridine rings is 2. The molecule has 0 bridgehead atoms. The minimum absolute atomic E-state index is 0.0281. The summed E-state index contributed by atoms with van der Waals surface area (Å²) in [6.07, 6.45) is 0.746. The number of aliphatic imine (C=N–C) groups is 1. The maximum atomic E-state index is 15.4. The lowest BCUT2D eigenvalue weighted by Crippen LogP contribution is -2.61. The molecule has 3 atom stereocenters. The van der Waals surface area contributed by atoms with Crippen LogP contribution in [-0.2, 0) is 20.0 Å². The number of alkyl carbamates (subject to hydrolysis) is 1. The van der Waals surface area contributed by atoms with Crippen molar-refractivity contribution < 1.29 is 22.9 Å². The van der Waals surface area contributed by atoms with Gasteiger partial charge in [0.05, 0.1) is 25.6 Å². The second-order valence-corrected chi connectivity index (χ2v) is 14.5. The van der Waals surface area contributed by atoms with Crippen LogP contribution in [0.4, 0.5) is 15.0 Å². The first-order valence-corrected chi connectivity index (χ1v) is 14.3. The van der Waals surface area contributed by atoms with Gasteiger partial charge in [0.2, 0.25) is 0 Å². The zero-order valence-electron chi connectivity index (χ0n) is 22.8. The van der Waals surface area contributed by atoms with E-state index in [0.717, 1.165) is 6.07 Å². The Bertz CT molecular complexity index is 1600. The number of fused-ring (bicyclic) bond motifs is 1. The number of ether oxygens (including phenoxy) is 1. The van der Waals surface area contributed by atoms with Gasteiger partial charge >= 0.3 is 6.09 Å². The van der Waals surface area contributed by atoms with E-state index in [2.05, 4.69) is 25.0 Å². The zero-order valence-corrected chi connectivity index (χ0v) is 24.4. The van der Waals surface area contributed by atoms with E-state index in [1.165, 1.54) is 18.3 Å². The first-order chi connectivity index (χ1) is 18.5. The molecule has 4 heterocycles. The van der Waals surface area contributed by atoms with E-state index in [9.17, 15) is 13.8 Å². The van der Waals surface area contributed by atoms with Gasteiger partial charge in [0.15, 0.2) is 0 Å². The number of amides is 2. The zero-order chi connectivity index (χ0) is 29.7. The molecule has 0 aliphatic carbocycles. The van der Waals surface area contributed by atoms with Crippen LogP contribution in [0.2, 0.25) is 5.02 Å². The molecule has 2 aromatic rings. The molecule has 0 saturated carbocycles. The molecule has 2 N–H and O–H groups in total. The summed E-state index contributed by atoms with van der Waals surface area (Å²) in [7, 11) is -3.10. The van der Waals surface area contributed by atoms with E-state index in [4.69, 9.17) is 26.6 Å². The number of carbonyl (C=O) groups excluding carboxylic acids is 2. The average Bonchev–Trinajstić information content (AvgIpc) is 3.27. The molecule has 0 spiro atoms. The molecule has 0 fully saturated rings. The van der Waals surface area contributed by atoms with Crippen molar-refractivity contribution in [3.05, 3.63) is 52.2 Å². The lowest BCUT2D eigenvalue weighted by Gasteiger charge is -2.44. The number of carbonyl (C=O) groups is 2. The largest absolute Gasteiger partial charge is 0.444 e. The van der Waals surface area contributed by atoms with Gasteiger partial charge in [-0.25, -0.2) is 27.7 Å². The Labute approximate surface area is 236 Å². The monoisotopic (exact) mass is 589 g/mol. The lowest BCUT2D eigenvalue weighted by molar-refractivity contribution is 0.0560. The van der Waals surface area contributed by atoms with Crippen molar-refractivity contribution in [3.8, 4) is 6.07 Å². The number of rotatable bonds is 3. The van der Waals surface area contributed by atoms with Crippen LogP contribution in [0.1, 0.15) is 69.7 Å². The Morgan fingerprint density at radius 3 is 2.58 bits per heavy atom. The fourth-order valence-corrected chi connectivity index (χ4v) is 8.16. The van der Waals surface area contributed by atoms with Crippen LogP contribution in [0, 0.1) is 17.1 Å². The summed E-state index contributed by atoms with van der Waals surface area (Å²) in [6, 6.07) is 5.54. The Morgan fingerprint density at radius 2 is 1.95 bits per heavy atom. The van der Waals surface area contributed by atoms with Gasteiger partial charge in [-0.2, -0.15) is 5.26 Å². The van der Waals surface area contributed by atoms with Crippen molar-refractivity contribution in [2.75, 3.05) is 11.9 Å². The highest BCUT2D eigenvalue weighted by Gasteiger charge is 2.58. The number of halogens is 2. The maximum absolute atomic E-state index is 15.4. The normalized spacial score (nSPS) is 25.1. The van der Waals surface area contributed by atoms with Gasteiger partial charge in [-0.15, -0.1) is 0 Å². The molecule has 11 nitrogen and oxygen atoms in total. The molecular formula is C26H29ClFN7O4S. The van der Waals surface area contributed by atoms with E-state index in [1.807, 2.05) is 6.07 Å². The van der Waals surface area contributed by atoms with Crippen molar-refractivity contribution in [3.63, 3.8) is 0 Å². The van der Waals surface area contributed by atoms with Crippen LogP contribution in [0.25, 0.3) is 0 Å². The van der Waals surface area contributed by atoms with E-state index in [1.54, 1.807) is 41.5 Å². The molecule has 2 aliphatic heterocycles. The minimum Gasteiger partial charge on any atom is -0.444 e. The molecule has 0 radical (unpaired) electrons. The smallest absolute Gasteiger partial charge is 0.413 e. The van der Waals surface area contributed by atoms with E-state index in [0.29, 0.717) is 6.42 Å². The summed E-state index contributed by atoms with van der Waals surface area (Å²) in [5.41, 5.74) is -2.49. The number of hydrogen-bond acceptors (Lipinski definition) is 9. The maximum Gasteiger partial charge on any atom is 0.413 e. The summed E-state index contributed by atoms with van der Waals surface area (Å²) < 4.78 is 38.5. The summed E-state index contributed by atoms with van der Waals surface area (Å²) >= 11 is 6.11. The second kappa shape index (κ2) is 10.1. The second-order valence-electron chi connectivity index (χ2n) is 11.1. The van der Waals surface area contributed by atoms with Crippen LogP contribution in [0.15, 0.2) is 33.8 Å². The van der Waals surface area contributed by atoms with Gasteiger partial charge < -0.3 is 10.1 Å². The predicted octanol–water partition coefficient (Wildman–Crippen LogP) is 4.56. The van der Waals surface area contributed by atoms with Gasteiger partial charge in [0, 0.05) is 12.7 Å². The topological polar surface area (TPSA) is 159 Å². The molecule has 2 aromatic heterocycles. The fraction of sp³-hybridized carbons (Fsp3) is 0.462. The molecule has 2 aliphatic rings. The average molecular weight is 590 g/mol. The molecule has 212 valence electrons. The van der Waals surface area contributed by atoms with Crippen LogP contribution >= 0.6 is 11.6 Å². The Balaban J connectivity index is 1.77. The molecular weight excluding hydrogens is 561 g/mol. The summed E-state index contributed by atoms with van der Waals surface area (Å²) in [5, 5.41) is 13.4. The highest BCUT2D eigenvalue weighted by atomic mass is 35.5. The highest BCUT2D eigenvalue weighted by Crippen LogP contribution is 2.47. The van der Waals surface area contributed by atoms with Gasteiger partial charge in [-0.3, -0.25) is 15.1 Å². The molecule has 2 amide bonds. The fourth-order valence-electron chi connectivity index (χ4n) is 4.73. The summed E-state index contributed by atoms with van der Waals surface area (Å²) in [4.78, 5) is 38.6. The Kier molecular flexibility index (Phi) is 7.40. The highest BCUT2D eigenvalue weighted by molar-refractivity contribution is 7.96. The SMILES string of the molecule is CC(C)(C)OC(=O)NC1=N[C@](C)(c2nc(NC(=O)c3ncc(C#N)cc3Cl)ccc2F)C2CCN=S2(=O)C1(C)C. The number of aromatic nitrogens is 2. The van der Waals surface area contributed by atoms with E-state index >= 15 is 4.39 Å². The van der Waals surface area contributed by atoms with Crippen LogP contribution in [-0.4, -0.2) is 54.2 Å². The number of nitriles is 1. The van der Waals surface area contributed by atoms with Gasteiger partial charge in [-0.05, 0) is 66.2 Å². The van der Waals surface area contributed by atoms with E-state index in [-0.39, 0.29) is 40.2 Å². The predicted molar refractivity (Wildman–Crippen MR) is 148 cm³/mol. The molecule has 0 saturated heterocycles. The molecule has 0 aromatic carbocycles. The summed E-state index contributed by atoms with van der Waals surface area (Å²) in [6.45, 7) is 10.3. The third-order valence-electron chi connectivity index (χ3n) is 6.70. The molecule has 4 rings (SSSR count). The van der Waals surface area contributed by atoms with Crippen LogP contribution in [0.5, 0.6) is 0 Å². The van der Waals surface area contributed by atoms with Crippen molar-refractivity contribution in [2.24, 2.45) is 9.36 Å². The van der Waals surface area contributed by atoms with Crippen molar-refractivity contribution in [1.29, 1.82) is 5.26 Å². The summed E-state index contributed by atoms with van der Waals surface area (Å²) in [5.74, 6) is -1.48. The van der Waals surface area contributed by atoms with Crippen LogP contribution in [0.3, 0.4) is 0 Å². The third-order valence-corrected chi connectivity index (χ3v) is 10.7. The van der Waals surface area contributed by atoms with E-state index < -0.39 is 48.7 Å². The number of nitrogens with one attached hydrogen (secondary N) is 2. The quantitative estimate of drug-likeness (QED) is 0.530. The first-order valence-electron chi connectivity index (χ1n) is 12.4. The lowest BCUT2D eigenvalue weighted by atomic mass is 9.89. The first kappa shape index (κ1) is 29.4. The van der Waals surface area contributed by atoms with Gasteiger partial charge in [0.25, 0.3) is 5.91 Å². The molecule has 2 unspecified atom stereocenters. The number of hydrogen-bond donors (Lipinski definition) is 2. The van der Waals surface area contributed by atoms with Crippen molar-refractivity contribution in [2.45, 2.75) is 69.1 Å². The van der Waals surface area contributed by atoms with Gasteiger partial charge in [0.1, 0.15) is 50.8 Å². The van der Waals surface area contributed by atoms with Crippen LogP contribution < -0.4 is 10.6 Å².